The molecule has 0 radical (unpaired) electrons. The van der Waals surface area contributed by atoms with E-state index in [2.05, 4.69) is 0 Å². The molecule has 0 bridgehead atoms. The Labute approximate surface area is 175 Å². The average Bonchev–Trinajstić information content (AvgIpc) is 2.54. The molecule has 22 heteroatoms. The third-order valence-corrected chi connectivity index (χ3v) is 8.87. The van der Waals surface area contributed by atoms with Gasteiger partial charge in [-0.2, -0.15) is 43.5 Å². The molecule has 0 amide bonds. The van der Waals surface area contributed by atoms with Crippen molar-refractivity contribution >= 4 is 41.9 Å². The van der Waals surface area contributed by atoms with E-state index in [4.69, 9.17) is 4.55 Å². The highest BCUT2D eigenvalue weighted by Gasteiger charge is 2.76. The van der Waals surface area contributed by atoms with Gasteiger partial charge in [-0.25, -0.2) is 25.6 Å². The van der Waals surface area contributed by atoms with Crippen LogP contribution in [-0.2, 0) is 30.2 Å². The predicted octanol–water partition coefficient (Wildman–Crippen LogP) is 2.57. The van der Waals surface area contributed by atoms with Crippen LogP contribution in [0.2, 0.25) is 0 Å². The number of alkyl halides is 8. The Morgan fingerprint density at radius 2 is 1.19 bits per heavy atom. The molecule has 0 atom stereocenters. The van der Waals surface area contributed by atoms with Crippen LogP contribution < -0.4 is 4.13 Å². The van der Waals surface area contributed by atoms with E-state index in [0.29, 0.717) is 0 Å². The first-order valence-electron chi connectivity index (χ1n) is 6.74. The number of benzene rings is 1. The molecular formula is C10H5F10NO7S4. The van der Waals surface area contributed by atoms with Crippen molar-refractivity contribution in [2.75, 3.05) is 0 Å². The van der Waals surface area contributed by atoms with Gasteiger partial charge >= 0.3 is 31.1 Å². The van der Waals surface area contributed by atoms with Crippen LogP contribution in [0.3, 0.4) is 0 Å². The largest absolute Gasteiger partial charge is 0.448 e. The molecule has 0 aliphatic carbocycles. The van der Waals surface area contributed by atoms with E-state index < -0.39 is 83.6 Å². The molecule has 0 aliphatic heterocycles. The summed E-state index contributed by atoms with van der Waals surface area (Å²) in [5.41, 5.74) is 0. The van der Waals surface area contributed by atoms with Gasteiger partial charge in [0, 0.05) is 11.0 Å². The van der Waals surface area contributed by atoms with E-state index in [1.165, 1.54) is 0 Å². The van der Waals surface area contributed by atoms with Crippen LogP contribution in [0, 0.1) is 11.6 Å². The second-order valence-corrected chi connectivity index (χ2v) is 11.6. The molecule has 1 aromatic carbocycles. The molecule has 8 nitrogen and oxygen atoms in total. The minimum atomic E-state index is -7.80. The number of thioether (sulfide) groups is 1. The Balaban J connectivity index is 3.44. The number of halogens is 10. The van der Waals surface area contributed by atoms with Crippen LogP contribution in [0.1, 0.15) is 0 Å². The summed E-state index contributed by atoms with van der Waals surface area (Å²) < 4.78 is 207. The molecule has 2 N–H and O–H groups in total. The molecule has 0 spiro atoms. The minimum absolute atomic E-state index is 0.108. The van der Waals surface area contributed by atoms with Crippen molar-refractivity contribution in [1.82, 2.24) is 4.13 Å². The Morgan fingerprint density at radius 3 is 1.59 bits per heavy atom. The first-order chi connectivity index (χ1) is 13.8. The fourth-order valence-corrected chi connectivity index (χ4v) is 6.17. The van der Waals surface area contributed by atoms with Gasteiger partial charge in [-0.15, -0.1) is 0 Å². The van der Waals surface area contributed by atoms with Crippen molar-refractivity contribution < 1.29 is 73.7 Å². The Bertz CT molecular complexity index is 1210. The highest BCUT2D eigenvalue weighted by Crippen LogP contribution is 2.50. The summed E-state index contributed by atoms with van der Waals surface area (Å²) in [5.74, 6) is -3.34. The first kappa shape index (κ1) is 28.7. The molecule has 0 unspecified atom stereocenters. The molecule has 0 saturated carbocycles. The van der Waals surface area contributed by atoms with Crippen molar-refractivity contribution in [3.8, 4) is 0 Å². The smallest absolute Gasteiger partial charge is 0.281 e. The summed E-state index contributed by atoms with van der Waals surface area (Å²) in [4.78, 5) is -1.54. The zero-order valence-electron chi connectivity index (χ0n) is 14.0. The standard InChI is InChI=1S/C10H5F10NO7S4/c11-4-1-2-6(5(12)3-4)29-7(13,14)8(15,16)30(22,23)21-31(24,25)9(17,18)10(19,20)32(26,27)28/h1-3,21H,(H,26,27,28). The molecule has 1 aromatic rings. The average molecular weight is 569 g/mol. The number of nitrogens with one attached hydrogen (secondary N) is 1. The molecule has 0 fully saturated rings. The van der Waals surface area contributed by atoms with Crippen molar-refractivity contribution in [1.29, 1.82) is 0 Å². The Kier molecular flexibility index (Phi) is 7.30. The van der Waals surface area contributed by atoms with Gasteiger partial charge in [-0.05, 0) is 23.9 Å². The van der Waals surface area contributed by atoms with E-state index >= 15 is 0 Å². The van der Waals surface area contributed by atoms with Gasteiger partial charge in [0.15, 0.2) is 0 Å². The van der Waals surface area contributed by atoms with Gasteiger partial charge < -0.3 is 0 Å². The highest BCUT2D eigenvalue weighted by atomic mass is 32.3. The molecule has 0 aliphatic rings. The van der Waals surface area contributed by atoms with Crippen molar-refractivity contribution in [2.45, 2.75) is 25.9 Å². The lowest BCUT2D eigenvalue weighted by Crippen LogP contribution is -2.59. The summed E-state index contributed by atoms with van der Waals surface area (Å²) in [6.07, 6.45) is 0. The summed E-state index contributed by atoms with van der Waals surface area (Å²) in [6, 6.07) is 0.234. The second-order valence-electron chi connectivity index (χ2n) is 5.31. The van der Waals surface area contributed by atoms with Crippen molar-refractivity contribution in [2.24, 2.45) is 0 Å². The van der Waals surface area contributed by atoms with Crippen LogP contribution in [0.4, 0.5) is 43.9 Å². The van der Waals surface area contributed by atoms with Crippen LogP contribution >= 0.6 is 11.8 Å². The minimum Gasteiger partial charge on any atom is -0.281 e. The number of hydrogen-bond acceptors (Lipinski definition) is 7. The summed E-state index contributed by atoms with van der Waals surface area (Å²) >= 11 is -1.65. The van der Waals surface area contributed by atoms with E-state index in [1.807, 2.05) is 0 Å². The number of sulfonamides is 2. The van der Waals surface area contributed by atoms with Crippen LogP contribution in [0.5, 0.6) is 0 Å². The van der Waals surface area contributed by atoms with Gasteiger partial charge in [-0.3, -0.25) is 4.55 Å². The zero-order valence-corrected chi connectivity index (χ0v) is 17.3. The van der Waals surface area contributed by atoms with Gasteiger partial charge in [0.25, 0.3) is 20.0 Å². The maximum atomic E-state index is 13.8. The molecule has 1 rings (SSSR count). The second kappa shape index (κ2) is 8.14. The quantitative estimate of drug-likeness (QED) is 0.263. The lowest BCUT2D eigenvalue weighted by atomic mass is 10.3. The van der Waals surface area contributed by atoms with Crippen LogP contribution in [-0.4, -0.2) is 50.8 Å². The SMILES string of the molecule is O=S(=O)(O)C(F)(F)C(F)(F)S(=O)(=O)NS(=O)(=O)C(F)(F)C(F)(F)Sc1ccc(F)cc1F. The zero-order chi connectivity index (χ0) is 25.8. The van der Waals surface area contributed by atoms with Gasteiger partial charge in [-0.1, -0.05) is 4.13 Å². The number of rotatable bonds is 9. The van der Waals surface area contributed by atoms with Gasteiger partial charge in [0.2, 0.25) is 0 Å². The van der Waals surface area contributed by atoms with Gasteiger partial charge in [0.1, 0.15) is 11.6 Å². The summed E-state index contributed by atoms with van der Waals surface area (Å²) in [5, 5.41) is -27.1. The normalized spacial score (nSPS) is 15.1. The molecule has 0 heterocycles. The van der Waals surface area contributed by atoms with Gasteiger partial charge in [0.05, 0.1) is 0 Å². The van der Waals surface area contributed by atoms with Crippen LogP contribution in [0.25, 0.3) is 0 Å². The van der Waals surface area contributed by atoms with E-state index in [9.17, 15) is 69.2 Å². The molecular weight excluding hydrogens is 564 g/mol. The Hall–Kier alpha value is -1.36. The monoisotopic (exact) mass is 569 g/mol. The van der Waals surface area contributed by atoms with Crippen molar-refractivity contribution in [3.05, 3.63) is 29.8 Å². The maximum Gasteiger partial charge on any atom is 0.448 e. The first-order valence-corrected chi connectivity index (χ1v) is 12.0. The Morgan fingerprint density at radius 1 is 0.750 bits per heavy atom. The third kappa shape index (κ3) is 4.78. The maximum absolute atomic E-state index is 13.8. The van der Waals surface area contributed by atoms with E-state index in [1.54, 1.807) is 0 Å². The fourth-order valence-electron chi connectivity index (χ4n) is 1.47. The topological polar surface area (TPSA) is 135 Å². The lowest BCUT2D eigenvalue weighted by Gasteiger charge is -2.28. The number of hydrogen-bond donors (Lipinski definition) is 2. The third-order valence-electron chi connectivity index (χ3n) is 3.03. The fraction of sp³-hybridized carbons (Fsp3) is 0.400. The highest BCUT2D eigenvalue weighted by molar-refractivity contribution is 8.07. The van der Waals surface area contributed by atoms with E-state index in [-0.39, 0.29) is 18.2 Å². The molecule has 32 heavy (non-hydrogen) atoms. The summed E-state index contributed by atoms with van der Waals surface area (Å²) in [6.45, 7) is 0. The predicted molar refractivity (Wildman–Crippen MR) is 84.5 cm³/mol. The molecule has 0 aromatic heterocycles. The van der Waals surface area contributed by atoms with Crippen molar-refractivity contribution in [3.63, 3.8) is 0 Å². The molecule has 186 valence electrons. The van der Waals surface area contributed by atoms with E-state index in [0.717, 1.165) is 0 Å². The molecule has 0 saturated heterocycles. The summed E-state index contributed by atoms with van der Waals surface area (Å²) in [7, 11) is -22.7. The van der Waals surface area contributed by atoms with Crippen LogP contribution in [0.15, 0.2) is 23.1 Å². The lowest BCUT2D eigenvalue weighted by molar-refractivity contribution is -0.102.